The van der Waals surface area contributed by atoms with Crippen molar-refractivity contribution in [3.8, 4) is 11.3 Å². The van der Waals surface area contributed by atoms with E-state index < -0.39 is 0 Å². The first-order valence-electron chi connectivity index (χ1n) is 7.10. The predicted octanol–water partition coefficient (Wildman–Crippen LogP) is 4.47. The van der Waals surface area contributed by atoms with Gasteiger partial charge in [0, 0.05) is 10.0 Å². The van der Waals surface area contributed by atoms with Gasteiger partial charge in [0.05, 0.1) is 11.4 Å². The molecule has 0 atom stereocenters. The van der Waals surface area contributed by atoms with Crippen LogP contribution in [-0.2, 0) is 0 Å². The highest BCUT2D eigenvalue weighted by Crippen LogP contribution is 2.24. The van der Waals surface area contributed by atoms with E-state index >= 15 is 0 Å². The van der Waals surface area contributed by atoms with Gasteiger partial charge in [-0.2, -0.15) is 0 Å². The van der Waals surface area contributed by atoms with E-state index in [1.54, 1.807) is 12.1 Å². The van der Waals surface area contributed by atoms with Gasteiger partial charge in [-0.05, 0) is 52.7 Å². The van der Waals surface area contributed by atoms with E-state index in [-0.39, 0.29) is 11.6 Å². The molecule has 4 nitrogen and oxygen atoms in total. The van der Waals surface area contributed by atoms with Crippen LogP contribution in [0.2, 0.25) is 0 Å². The second kappa shape index (κ2) is 6.71. The lowest BCUT2D eigenvalue weighted by Crippen LogP contribution is -2.14. The third-order valence-corrected chi connectivity index (χ3v) is 4.00. The molecule has 0 unspecified atom stereocenters. The molecule has 1 N–H and O–H groups in total. The molecule has 114 valence electrons. The van der Waals surface area contributed by atoms with Crippen molar-refractivity contribution in [3.05, 3.63) is 76.4 Å². The highest BCUT2D eigenvalue weighted by atomic mass is 79.9. The van der Waals surface area contributed by atoms with E-state index in [2.05, 4.69) is 31.4 Å². The van der Waals surface area contributed by atoms with Crippen molar-refractivity contribution < 1.29 is 4.79 Å². The summed E-state index contributed by atoms with van der Waals surface area (Å²) in [7, 11) is 0. The molecule has 1 amide bonds. The topological polar surface area (TPSA) is 54.9 Å². The number of anilines is 1. The molecule has 1 aromatic heterocycles. The van der Waals surface area contributed by atoms with E-state index in [0.29, 0.717) is 5.69 Å². The smallest absolute Gasteiger partial charge is 0.276 e. The highest BCUT2D eigenvalue weighted by molar-refractivity contribution is 9.10. The number of nitrogens with one attached hydrogen (secondary N) is 1. The van der Waals surface area contributed by atoms with Crippen molar-refractivity contribution in [1.82, 2.24) is 10.2 Å². The van der Waals surface area contributed by atoms with Crippen molar-refractivity contribution in [2.24, 2.45) is 0 Å². The van der Waals surface area contributed by atoms with Crippen molar-refractivity contribution in [3.63, 3.8) is 0 Å². The summed E-state index contributed by atoms with van der Waals surface area (Å²) in [4.78, 5) is 12.3. The molecule has 23 heavy (non-hydrogen) atoms. The summed E-state index contributed by atoms with van der Waals surface area (Å²) in [6, 6.07) is 18.9. The monoisotopic (exact) mass is 367 g/mol. The van der Waals surface area contributed by atoms with Crippen LogP contribution in [0.4, 0.5) is 5.69 Å². The lowest BCUT2D eigenvalue weighted by molar-refractivity contribution is 0.102. The van der Waals surface area contributed by atoms with E-state index in [9.17, 15) is 4.79 Å². The van der Waals surface area contributed by atoms with E-state index in [0.717, 1.165) is 21.3 Å². The first-order valence-corrected chi connectivity index (χ1v) is 7.89. The largest absolute Gasteiger partial charge is 0.320 e. The van der Waals surface area contributed by atoms with E-state index in [4.69, 9.17) is 0 Å². The molecule has 0 saturated heterocycles. The van der Waals surface area contributed by atoms with Crippen LogP contribution in [0.15, 0.2) is 65.1 Å². The lowest BCUT2D eigenvalue weighted by atomic mass is 10.1. The molecule has 0 aliphatic carbocycles. The van der Waals surface area contributed by atoms with Gasteiger partial charge in [-0.15, -0.1) is 10.2 Å². The van der Waals surface area contributed by atoms with Gasteiger partial charge >= 0.3 is 0 Å². The molecule has 0 fully saturated rings. The Morgan fingerprint density at radius 1 is 1.00 bits per heavy atom. The second-order valence-corrected chi connectivity index (χ2v) is 5.96. The Morgan fingerprint density at radius 3 is 2.43 bits per heavy atom. The van der Waals surface area contributed by atoms with Crippen LogP contribution in [0.25, 0.3) is 11.3 Å². The molecule has 0 saturated carbocycles. The predicted molar refractivity (Wildman–Crippen MR) is 94.3 cm³/mol. The quantitative estimate of drug-likeness (QED) is 0.742. The fourth-order valence-corrected chi connectivity index (χ4v) is 2.72. The number of aromatic nitrogens is 2. The summed E-state index contributed by atoms with van der Waals surface area (Å²) >= 11 is 3.44. The zero-order valence-electron chi connectivity index (χ0n) is 12.5. The van der Waals surface area contributed by atoms with Gasteiger partial charge in [-0.1, -0.05) is 36.4 Å². The van der Waals surface area contributed by atoms with Crippen LogP contribution in [0, 0.1) is 6.92 Å². The molecule has 0 radical (unpaired) electrons. The molecular formula is C18H14BrN3O. The lowest BCUT2D eigenvalue weighted by Gasteiger charge is -2.07. The van der Waals surface area contributed by atoms with Gasteiger partial charge in [-0.3, -0.25) is 4.79 Å². The normalized spacial score (nSPS) is 10.3. The number of amides is 1. The van der Waals surface area contributed by atoms with Crippen LogP contribution < -0.4 is 5.32 Å². The van der Waals surface area contributed by atoms with Gasteiger partial charge in [-0.25, -0.2) is 0 Å². The molecule has 0 spiro atoms. The standard InChI is InChI=1S/C18H14BrN3O/c1-12-7-8-16(14(19)11-12)20-18(23)17-10-9-15(21-22-17)13-5-3-2-4-6-13/h2-11H,1H3,(H,20,23). The minimum Gasteiger partial charge on any atom is -0.320 e. The Bertz CT molecular complexity index is 833. The number of hydrogen-bond donors (Lipinski definition) is 1. The SMILES string of the molecule is Cc1ccc(NC(=O)c2ccc(-c3ccccc3)nn2)c(Br)c1. The van der Waals surface area contributed by atoms with Gasteiger partial charge in [0.2, 0.25) is 0 Å². The number of rotatable bonds is 3. The number of halogens is 1. The molecule has 0 aliphatic rings. The summed E-state index contributed by atoms with van der Waals surface area (Å²) < 4.78 is 0.833. The van der Waals surface area contributed by atoms with Crippen LogP contribution in [-0.4, -0.2) is 16.1 Å². The van der Waals surface area contributed by atoms with E-state index in [1.165, 1.54) is 0 Å². The maximum Gasteiger partial charge on any atom is 0.276 e. The Kier molecular flexibility index (Phi) is 4.48. The van der Waals surface area contributed by atoms with Gasteiger partial charge < -0.3 is 5.32 Å². The third kappa shape index (κ3) is 3.63. The molecule has 2 aromatic carbocycles. The third-order valence-electron chi connectivity index (χ3n) is 3.34. The zero-order valence-corrected chi connectivity index (χ0v) is 14.0. The number of aryl methyl sites for hydroxylation is 1. The number of benzene rings is 2. The van der Waals surface area contributed by atoms with Gasteiger partial charge in [0.25, 0.3) is 5.91 Å². The summed E-state index contributed by atoms with van der Waals surface area (Å²) in [6.45, 7) is 1.99. The minimum absolute atomic E-state index is 0.275. The number of carbonyl (C=O) groups excluding carboxylic acids is 1. The van der Waals surface area contributed by atoms with Crippen molar-refractivity contribution in [2.45, 2.75) is 6.92 Å². The molecule has 3 rings (SSSR count). The molecule has 0 aliphatic heterocycles. The van der Waals surface area contributed by atoms with Crippen molar-refractivity contribution in [2.75, 3.05) is 5.32 Å². The Balaban J connectivity index is 1.78. The average molecular weight is 368 g/mol. The molecule has 5 heteroatoms. The van der Waals surface area contributed by atoms with Crippen LogP contribution in [0.5, 0.6) is 0 Å². The number of carbonyl (C=O) groups is 1. The molecule has 0 bridgehead atoms. The molecule has 1 heterocycles. The first-order chi connectivity index (χ1) is 11.1. The molecule has 3 aromatic rings. The Morgan fingerprint density at radius 2 is 1.78 bits per heavy atom. The van der Waals surface area contributed by atoms with Gasteiger partial charge in [0.15, 0.2) is 5.69 Å². The number of nitrogens with zero attached hydrogens (tertiary/aromatic N) is 2. The summed E-state index contributed by atoms with van der Waals surface area (Å²) in [5.41, 5.74) is 3.79. The van der Waals surface area contributed by atoms with Gasteiger partial charge in [0.1, 0.15) is 0 Å². The van der Waals surface area contributed by atoms with Crippen LogP contribution in [0.1, 0.15) is 16.1 Å². The number of hydrogen-bond acceptors (Lipinski definition) is 3. The average Bonchev–Trinajstić information content (AvgIpc) is 2.58. The second-order valence-electron chi connectivity index (χ2n) is 5.11. The van der Waals surface area contributed by atoms with Crippen LogP contribution in [0.3, 0.4) is 0 Å². The van der Waals surface area contributed by atoms with Crippen LogP contribution >= 0.6 is 15.9 Å². The summed E-state index contributed by atoms with van der Waals surface area (Å²) in [5, 5.41) is 11.0. The maximum absolute atomic E-state index is 12.3. The van der Waals surface area contributed by atoms with Crippen molar-refractivity contribution in [1.29, 1.82) is 0 Å². The minimum atomic E-state index is -0.290. The first kappa shape index (κ1) is 15.4. The summed E-state index contributed by atoms with van der Waals surface area (Å²) in [6.07, 6.45) is 0. The fraction of sp³-hybridized carbons (Fsp3) is 0.0556. The highest BCUT2D eigenvalue weighted by Gasteiger charge is 2.11. The Labute approximate surface area is 142 Å². The van der Waals surface area contributed by atoms with E-state index in [1.807, 2.05) is 55.5 Å². The molecular weight excluding hydrogens is 354 g/mol. The van der Waals surface area contributed by atoms with Crippen molar-refractivity contribution >= 4 is 27.5 Å². The summed E-state index contributed by atoms with van der Waals surface area (Å²) in [5.74, 6) is -0.290. The Hall–Kier alpha value is -2.53. The maximum atomic E-state index is 12.3. The zero-order chi connectivity index (χ0) is 16.2. The fourth-order valence-electron chi connectivity index (χ4n) is 2.12.